The van der Waals surface area contributed by atoms with Gasteiger partial charge in [-0.15, -0.1) is 0 Å². The lowest BCUT2D eigenvalue weighted by molar-refractivity contribution is 0.471. The summed E-state index contributed by atoms with van der Waals surface area (Å²) in [6.07, 6.45) is 4.11. The Morgan fingerprint density at radius 2 is 2.40 bits per heavy atom. The first-order valence-corrected chi connectivity index (χ1v) is 5.06. The maximum atomic E-state index is 9.42. The molecule has 1 heterocycles. The van der Waals surface area contributed by atoms with E-state index in [4.69, 9.17) is 5.53 Å². The number of azide groups is 1. The van der Waals surface area contributed by atoms with Crippen molar-refractivity contribution in [3.05, 3.63) is 38.9 Å². The Balaban J connectivity index is 2.63. The van der Waals surface area contributed by atoms with Gasteiger partial charge in [0.25, 0.3) is 0 Å². The summed E-state index contributed by atoms with van der Waals surface area (Å²) in [6, 6.07) is 3.22. The third-order valence-corrected chi connectivity index (χ3v) is 2.04. The summed E-state index contributed by atoms with van der Waals surface area (Å²) in [4.78, 5) is 6.70. The normalized spacial score (nSPS) is 10.2. The first kappa shape index (κ1) is 11.6. The predicted octanol–water partition coefficient (Wildman–Crippen LogP) is 3.26. The highest BCUT2D eigenvalue weighted by molar-refractivity contribution is 9.10. The standard InChI is InChI=1S/C9H9BrN4O/c10-9-5-4-8(15)7(13-9)3-1-2-6-12-14-11/h1,3-5,15H,2,6H2. The number of rotatable bonds is 4. The van der Waals surface area contributed by atoms with Gasteiger partial charge in [-0.25, -0.2) is 4.98 Å². The van der Waals surface area contributed by atoms with E-state index >= 15 is 0 Å². The lowest BCUT2D eigenvalue weighted by Crippen LogP contribution is -1.83. The number of aromatic hydroxyl groups is 1. The highest BCUT2D eigenvalue weighted by Crippen LogP contribution is 2.19. The van der Waals surface area contributed by atoms with Crippen molar-refractivity contribution >= 4 is 22.0 Å². The molecule has 0 fully saturated rings. The van der Waals surface area contributed by atoms with Crippen LogP contribution in [0.3, 0.4) is 0 Å². The van der Waals surface area contributed by atoms with Crippen molar-refractivity contribution in [3.8, 4) is 5.75 Å². The molecule has 0 aliphatic rings. The average Bonchev–Trinajstić information content (AvgIpc) is 2.23. The minimum Gasteiger partial charge on any atom is -0.506 e. The van der Waals surface area contributed by atoms with Crippen molar-refractivity contribution in [1.82, 2.24) is 4.98 Å². The highest BCUT2D eigenvalue weighted by atomic mass is 79.9. The maximum Gasteiger partial charge on any atom is 0.141 e. The zero-order valence-electron chi connectivity index (χ0n) is 7.84. The average molecular weight is 269 g/mol. The molecular weight excluding hydrogens is 260 g/mol. The smallest absolute Gasteiger partial charge is 0.141 e. The number of hydrogen-bond acceptors (Lipinski definition) is 3. The van der Waals surface area contributed by atoms with Gasteiger partial charge in [-0.2, -0.15) is 0 Å². The van der Waals surface area contributed by atoms with Crippen LogP contribution in [0.4, 0.5) is 0 Å². The molecule has 0 atom stereocenters. The van der Waals surface area contributed by atoms with Crippen LogP contribution in [0.2, 0.25) is 0 Å². The second-order valence-corrected chi connectivity index (χ2v) is 3.50. The van der Waals surface area contributed by atoms with Gasteiger partial charge in [0.1, 0.15) is 16.0 Å². The Morgan fingerprint density at radius 3 is 3.13 bits per heavy atom. The minimum atomic E-state index is 0.123. The van der Waals surface area contributed by atoms with Crippen molar-refractivity contribution in [3.63, 3.8) is 0 Å². The zero-order valence-corrected chi connectivity index (χ0v) is 9.42. The molecule has 1 rings (SSSR count). The lowest BCUT2D eigenvalue weighted by Gasteiger charge is -1.97. The van der Waals surface area contributed by atoms with Gasteiger partial charge in [0.05, 0.1) is 0 Å². The van der Waals surface area contributed by atoms with Crippen LogP contribution in [-0.2, 0) is 0 Å². The van der Waals surface area contributed by atoms with Crippen molar-refractivity contribution in [2.45, 2.75) is 6.42 Å². The van der Waals surface area contributed by atoms with Crippen LogP contribution in [0.5, 0.6) is 5.75 Å². The van der Waals surface area contributed by atoms with E-state index in [1.54, 1.807) is 24.3 Å². The van der Waals surface area contributed by atoms with Crippen LogP contribution in [0.25, 0.3) is 16.5 Å². The van der Waals surface area contributed by atoms with E-state index in [9.17, 15) is 5.11 Å². The van der Waals surface area contributed by atoms with E-state index in [1.165, 1.54) is 0 Å². The van der Waals surface area contributed by atoms with E-state index in [1.807, 2.05) is 0 Å². The fraction of sp³-hybridized carbons (Fsp3) is 0.222. The van der Waals surface area contributed by atoms with E-state index < -0.39 is 0 Å². The van der Waals surface area contributed by atoms with Crippen LogP contribution in [-0.4, -0.2) is 16.6 Å². The molecule has 0 amide bonds. The Kier molecular flexibility index (Phi) is 4.66. The predicted molar refractivity (Wildman–Crippen MR) is 61.3 cm³/mol. The third-order valence-electron chi connectivity index (χ3n) is 1.60. The molecule has 15 heavy (non-hydrogen) atoms. The molecule has 1 N–H and O–H groups in total. The first-order chi connectivity index (χ1) is 7.24. The van der Waals surface area contributed by atoms with E-state index in [2.05, 4.69) is 30.9 Å². The number of halogens is 1. The van der Waals surface area contributed by atoms with Crippen molar-refractivity contribution in [1.29, 1.82) is 0 Å². The van der Waals surface area contributed by atoms with Crippen LogP contribution in [0, 0.1) is 0 Å². The molecule has 1 aromatic rings. The third kappa shape index (κ3) is 4.01. The van der Waals surface area contributed by atoms with Crippen LogP contribution in [0.15, 0.2) is 27.9 Å². The molecule has 78 valence electrons. The van der Waals surface area contributed by atoms with Crippen molar-refractivity contribution < 1.29 is 5.11 Å². The van der Waals surface area contributed by atoms with Gasteiger partial charge in [0, 0.05) is 11.5 Å². The Bertz CT molecular complexity index is 413. The number of nitrogens with zero attached hydrogens (tertiary/aromatic N) is 4. The van der Waals surface area contributed by atoms with Gasteiger partial charge in [-0.3, -0.25) is 0 Å². The van der Waals surface area contributed by atoms with Crippen molar-refractivity contribution in [2.75, 3.05) is 6.54 Å². The summed E-state index contributed by atoms with van der Waals surface area (Å²) in [5.41, 5.74) is 8.53. The minimum absolute atomic E-state index is 0.123. The van der Waals surface area contributed by atoms with E-state index in [-0.39, 0.29) is 5.75 Å². The molecule has 0 saturated heterocycles. The van der Waals surface area contributed by atoms with Crippen molar-refractivity contribution in [2.24, 2.45) is 5.11 Å². The summed E-state index contributed by atoms with van der Waals surface area (Å²) in [5, 5.41) is 12.8. The molecule has 0 aliphatic heterocycles. The summed E-state index contributed by atoms with van der Waals surface area (Å²) in [7, 11) is 0. The van der Waals surface area contributed by atoms with Gasteiger partial charge >= 0.3 is 0 Å². The van der Waals surface area contributed by atoms with Gasteiger partial charge in [-0.05, 0) is 46.1 Å². The molecule has 6 heteroatoms. The second kappa shape index (κ2) is 6.06. The monoisotopic (exact) mass is 268 g/mol. The van der Waals surface area contributed by atoms with E-state index in [0.717, 1.165) is 0 Å². The summed E-state index contributed by atoms with van der Waals surface area (Å²) in [5.74, 6) is 0.123. The zero-order chi connectivity index (χ0) is 11.1. The molecule has 5 nitrogen and oxygen atoms in total. The number of pyridine rings is 1. The number of hydrogen-bond donors (Lipinski definition) is 1. The van der Waals surface area contributed by atoms with Crippen LogP contribution >= 0.6 is 15.9 Å². The summed E-state index contributed by atoms with van der Waals surface area (Å²) in [6.45, 7) is 0.405. The second-order valence-electron chi connectivity index (χ2n) is 2.68. The molecule has 1 aromatic heterocycles. The van der Waals surface area contributed by atoms with Gasteiger partial charge in [0.2, 0.25) is 0 Å². The van der Waals surface area contributed by atoms with Gasteiger partial charge < -0.3 is 5.11 Å². The van der Waals surface area contributed by atoms with Gasteiger partial charge in [-0.1, -0.05) is 11.2 Å². The fourth-order valence-electron chi connectivity index (χ4n) is 0.937. The first-order valence-electron chi connectivity index (χ1n) is 4.27. The molecule has 0 unspecified atom stereocenters. The van der Waals surface area contributed by atoms with E-state index in [0.29, 0.717) is 23.3 Å². The molecule has 0 bridgehead atoms. The highest BCUT2D eigenvalue weighted by Gasteiger charge is 1.98. The SMILES string of the molecule is [N-]=[N+]=NCCC=Cc1nc(Br)ccc1O. The van der Waals surface area contributed by atoms with Crippen LogP contribution < -0.4 is 0 Å². The quantitative estimate of drug-likeness (QED) is 0.299. The Hall–Kier alpha value is -1.52. The molecule has 0 aliphatic carbocycles. The maximum absolute atomic E-state index is 9.42. The fourth-order valence-corrected chi connectivity index (χ4v) is 1.26. The van der Waals surface area contributed by atoms with Crippen LogP contribution in [0.1, 0.15) is 12.1 Å². The summed E-state index contributed by atoms with van der Waals surface area (Å²) < 4.78 is 0.662. The Morgan fingerprint density at radius 1 is 1.60 bits per heavy atom. The van der Waals surface area contributed by atoms with Gasteiger partial charge in [0.15, 0.2) is 0 Å². The summed E-state index contributed by atoms with van der Waals surface area (Å²) >= 11 is 3.21. The lowest BCUT2D eigenvalue weighted by atomic mass is 10.3. The molecule has 0 saturated carbocycles. The Labute approximate surface area is 95.2 Å². The number of aromatic nitrogens is 1. The largest absolute Gasteiger partial charge is 0.506 e. The molecular formula is C9H9BrN4O. The topological polar surface area (TPSA) is 81.9 Å². The molecule has 0 aromatic carbocycles. The molecule has 0 radical (unpaired) electrons. The molecule has 0 spiro atoms.